The van der Waals surface area contributed by atoms with Crippen LogP contribution >= 0.6 is 0 Å². The number of nitrogens with one attached hydrogen (secondary N) is 1. The first kappa shape index (κ1) is 21.9. The van der Waals surface area contributed by atoms with Crippen LogP contribution in [0.3, 0.4) is 0 Å². The lowest BCUT2D eigenvalue weighted by atomic mass is 9.50. The number of aliphatic hydroxyl groups is 1. The summed E-state index contributed by atoms with van der Waals surface area (Å²) in [5, 5.41) is 42.9. The molecule has 2 saturated heterocycles. The Morgan fingerprint density at radius 2 is 1.97 bits per heavy atom. The van der Waals surface area contributed by atoms with Gasteiger partial charge in [-0.1, -0.05) is 13.0 Å². The van der Waals surface area contributed by atoms with Gasteiger partial charge < -0.3 is 30.5 Å². The molecule has 5 N–H and O–H groups in total. The molecule has 3 aliphatic carbocycles. The van der Waals surface area contributed by atoms with Crippen LogP contribution in [0, 0.1) is 22.7 Å². The molecule has 4 fully saturated rings. The number of phenols is 2. The van der Waals surface area contributed by atoms with Crippen LogP contribution in [0.4, 0.5) is 5.69 Å². The Hall–Kier alpha value is -2.91. The lowest BCUT2D eigenvalue weighted by Gasteiger charge is -2.57. The van der Waals surface area contributed by atoms with Crippen LogP contribution in [0.15, 0.2) is 24.3 Å². The molecule has 0 unspecified atom stereocenters. The molecule has 33 heavy (non-hydrogen) atoms. The molecule has 1 aromatic rings. The van der Waals surface area contributed by atoms with E-state index >= 15 is 0 Å². The third-order valence-electron chi connectivity index (χ3n) is 8.65. The standard InChI is InChI=1S/C24H27NO8/c1-22(7-6-16(28)25-17-13(26)4-3-12(18(17)29)20(30)31)15(27)5-8-24-10-11-9-14(19(22)24)33-23(11,2)21(24)32/h3-5,8,11,14,19,21,26,29,32H,6-7,9-10H2,1-2H3,(H,25,28)(H,30,31)/t11-,14+,19+,21-,22-,23-,24-/m1/s1. The van der Waals surface area contributed by atoms with Crippen molar-refractivity contribution >= 4 is 23.3 Å². The summed E-state index contributed by atoms with van der Waals surface area (Å²) in [6.45, 7) is 3.75. The number of carboxylic acids is 1. The molecule has 1 aromatic carbocycles. The van der Waals surface area contributed by atoms with Gasteiger partial charge in [0.2, 0.25) is 5.91 Å². The highest BCUT2D eigenvalue weighted by Crippen LogP contribution is 2.71. The molecule has 2 aliphatic heterocycles. The van der Waals surface area contributed by atoms with Crippen molar-refractivity contribution in [1.29, 1.82) is 0 Å². The van der Waals surface area contributed by atoms with E-state index in [1.807, 2.05) is 19.9 Å². The first-order valence-electron chi connectivity index (χ1n) is 11.1. The van der Waals surface area contributed by atoms with Crippen molar-refractivity contribution in [2.45, 2.75) is 57.3 Å². The maximum atomic E-state index is 13.1. The molecule has 2 saturated carbocycles. The van der Waals surface area contributed by atoms with E-state index in [1.165, 1.54) is 6.08 Å². The van der Waals surface area contributed by atoms with E-state index < -0.39 is 51.5 Å². The number of rotatable bonds is 5. The number of amides is 1. The van der Waals surface area contributed by atoms with Crippen molar-refractivity contribution < 1.29 is 39.5 Å². The van der Waals surface area contributed by atoms with Crippen LogP contribution in [0.5, 0.6) is 11.5 Å². The Labute approximate surface area is 190 Å². The van der Waals surface area contributed by atoms with Crippen molar-refractivity contribution in [3.8, 4) is 11.5 Å². The molecule has 7 atom stereocenters. The molecule has 0 radical (unpaired) electrons. The van der Waals surface area contributed by atoms with Gasteiger partial charge in [-0.3, -0.25) is 9.59 Å². The van der Waals surface area contributed by atoms with Crippen LogP contribution in [0.25, 0.3) is 0 Å². The minimum absolute atomic E-state index is 0.109. The van der Waals surface area contributed by atoms with E-state index in [0.29, 0.717) is 0 Å². The van der Waals surface area contributed by atoms with Crippen LogP contribution < -0.4 is 5.32 Å². The Kier molecular flexibility index (Phi) is 4.52. The first-order valence-corrected chi connectivity index (χ1v) is 11.1. The van der Waals surface area contributed by atoms with Crippen molar-refractivity contribution in [2.75, 3.05) is 5.32 Å². The van der Waals surface area contributed by atoms with Gasteiger partial charge in [0, 0.05) is 23.2 Å². The Balaban J connectivity index is 1.38. The average Bonchev–Trinajstić information content (AvgIpc) is 3.09. The molecule has 6 rings (SSSR count). The van der Waals surface area contributed by atoms with E-state index in [9.17, 15) is 29.7 Å². The van der Waals surface area contributed by atoms with Gasteiger partial charge in [0.1, 0.15) is 17.0 Å². The molecule has 5 aliphatic rings. The van der Waals surface area contributed by atoms with E-state index in [0.717, 1.165) is 25.0 Å². The maximum absolute atomic E-state index is 13.1. The van der Waals surface area contributed by atoms with E-state index in [4.69, 9.17) is 9.84 Å². The molecule has 1 spiro atoms. The van der Waals surface area contributed by atoms with Crippen molar-refractivity contribution in [2.24, 2.45) is 22.7 Å². The molecule has 2 heterocycles. The largest absolute Gasteiger partial charge is 0.506 e. The second kappa shape index (κ2) is 6.80. The number of carbonyl (C=O) groups is 3. The summed E-state index contributed by atoms with van der Waals surface area (Å²) >= 11 is 0. The van der Waals surface area contributed by atoms with Crippen LogP contribution in [-0.4, -0.2) is 55.9 Å². The fourth-order valence-corrected chi connectivity index (χ4v) is 7.05. The molecular weight excluding hydrogens is 430 g/mol. The maximum Gasteiger partial charge on any atom is 0.339 e. The highest BCUT2D eigenvalue weighted by atomic mass is 16.5. The zero-order valence-electron chi connectivity index (χ0n) is 18.4. The number of ketones is 1. The van der Waals surface area contributed by atoms with Gasteiger partial charge in [-0.15, -0.1) is 0 Å². The highest BCUT2D eigenvalue weighted by molar-refractivity contribution is 6.00. The summed E-state index contributed by atoms with van der Waals surface area (Å²) in [7, 11) is 0. The van der Waals surface area contributed by atoms with Gasteiger partial charge in [0.05, 0.1) is 17.8 Å². The van der Waals surface area contributed by atoms with Gasteiger partial charge in [-0.25, -0.2) is 4.79 Å². The second-order valence-electron chi connectivity index (χ2n) is 10.3. The number of carbonyl (C=O) groups excluding carboxylic acids is 2. The zero-order valence-corrected chi connectivity index (χ0v) is 18.4. The monoisotopic (exact) mass is 457 g/mol. The fraction of sp³-hybridized carbons (Fsp3) is 0.542. The summed E-state index contributed by atoms with van der Waals surface area (Å²) in [6, 6.07) is 2.11. The molecule has 9 nitrogen and oxygen atoms in total. The zero-order chi connectivity index (χ0) is 23.9. The summed E-state index contributed by atoms with van der Waals surface area (Å²) in [6.07, 6.45) is 4.04. The average molecular weight is 457 g/mol. The first-order chi connectivity index (χ1) is 15.4. The predicted octanol–water partition coefficient (Wildman–Crippen LogP) is 2.20. The molecule has 4 bridgehead atoms. The molecular formula is C24H27NO8. The second-order valence-corrected chi connectivity index (χ2v) is 10.3. The summed E-state index contributed by atoms with van der Waals surface area (Å²) in [5.74, 6) is -3.37. The van der Waals surface area contributed by atoms with Crippen molar-refractivity contribution in [3.63, 3.8) is 0 Å². The quantitative estimate of drug-likeness (QED) is 0.422. The smallest absolute Gasteiger partial charge is 0.339 e. The number of allylic oxidation sites excluding steroid dienone is 1. The summed E-state index contributed by atoms with van der Waals surface area (Å²) in [5.41, 5.74) is -2.97. The summed E-state index contributed by atoms with van der Waals surface area (Å²) in [4.78, 5) is 37.0. The minimum atomic E-state index is -1.40. The normalized spacial score (nSPS) is 40.2. The number of phenolic OH excluding ortho intramolecular Hbond substituents is 1. The Bertz CT molecular complexity index is 1110. The van der Waals surface area contributed by atoms with E-state index in [2.05, 4.69) is 5.32 Å². The third-order valence-corrected chi connectivity index (χ3v) is 8.65. The third kappa shape index (κ3) is 2.75. The van der Waals surface area contributed by atoms with Gasteiger partial charge >= 0.3 is 5.97 Å². The van der Waals surface area contributed by atoms with Crippen LogP contribution in [-0.2, 0) is 14.3 Å². The number of aromatic carboxylic acids is 1. The van der Waals surface area contributed by atoms with Crippen molar-refractivity contribution in [1.82, 2.24) is 0 Å². The molecule has 0 aromatic heterocycles. The van der Waals surface area contributed by atoms with E-state index in [-0.39, 0.29) is 42.3 Å². The van der Waals surface area contributed by atoms with Crippen LogP contribution in [0.1, 0.15) is 49.9 Å². The number of hydrogen-bond acceptors (Lipinski definition) is 7. The number of benzene rings is 1. The van der Waals surface area contributed by atoms with Gasteiger partial charge in [0.15, 0.2) is 11.5 Å². The molecule has 176 valence electrons. The Morgan fingerprint density at radius 1 is 1.24 bits per heavy atom. The predicted molar refractivity (Wildman–Crippen MR) is 115 cm³/mol. The fourth-order valence-electron chi connectivity index (χ4n) is 7.05. The van der Waals surface area contributed by atoms with E-state index in [1.54, 1.807) is 0 Å². The SMILES string of the molecule is C[C@@]12O[C@H]3C[C@@H]1C[C@@]1(C=CC(=O)[C@@](C)(CCC(=O)Nc4c(O)ccc(C(=O)O)c4O)[C@H]31)[C@@H]2O. The highest BCUT2D eigenvalue weighted by Gasteiger charge is 2.76. The number of ether oxygens (including phenoxy) is 1. The topological polar surface area (TPSA) is 153 Å². The van der Waals surface area contributed by atoms with Gasteiger partial charge in [-0.2, -0.15) is 0 Å². The lowest BCUT2D eigenvalue weighted by molar-refractivity contribution is -0.219. The molecule has 9 heteroatoms. The number of aliphatic hydroxyl groups excluding tert-OH is 1. The van der Waals surface area contributed by atoms with Gasteiger partial charge in [-0.05, 0) is 50.3 Å². The van der Waals surface area contributed by atoms with Crippen LogP contribution in [0.2, 0.25) is 0 Å². The minimum Gasteiger partial charge on any atom is -0.506 e. The summed E-state index contributed by atoms with van der Waals surface area (Å²) < 4.78 is 6.27. The number of aromatic hydroxyl groups is 2. The Morgan fingerprint density at radius 3 is 2.64 bits per heavy atom. The van der Waals surface area contributed by atoms with Crippen molar-refractivity contribution in [3.05, 3.63) is 29.8 Å². The number of hydrogen-bond donors (Lipinski definition) is 5. The molecule has 1 amide bonds. The lowest BCUT2D eigenvalue weighted by Crippen LogP contribution is -2.62. The number of carboxylic acid groups (broad SMARTS) is 1. The van der Waals surface area contributed by atoms with Gasteiger partial charge in [0.25, 0.3) is 0 Å². The number of anilines is 1.